The summed E-state index contributed by atoms with van der Waals surface area (Å²) in [6.45, 7) is 4.98. The van der Waals surface area contributed by atoms with Gasteiger partial charge in [0.05, 0.1) is 6.61 Å². The van der Waals surface area contributed by atoms with Crippen LogP contribution in [0, 0.1) is 5.92 Å². The molecule has 0 rings (SSSR count). The van der Waals surface area contributed by atoms with Crippen LogP contribution in [0.1, 0.15) is 13.8 Å². The first-order valence-electron chi connectivity index (χ1n) is 2.32. The Morgan fingerprint density at radius 3 is 2.25 bits per heavy atom. The monoisotopic (exact) mass is 119 g/mol. The van der Waals surface area contributed by atoms with Crippen molar-refractivity contribution in [2.75, 3.05) is 6.61 Å². The molecule has 0 spiro atoms. The minimum atomic E-state index is 0. The molecule has 0 radical (unpaired) electrons. The van der Waals surface area contributed by atoms with Gasteiger partial charge in [0.1, 0.15) is 0 Å². The lowest BCUT2D eigenvalue weighted by Gasteiger charge is -1.98. The largest absolute Gasteiger partial charge is 0.468 e. The second-order valence-corrected chi connectivity index (χ2v) is 1.82. The Hall–Kier alpha value is -0.570. The van der Waals surface area contributed by atoms with Crippen LogP contribution in [-0.4, -0.2) is 13.1 Å². The molecule has 3 N–H and O–H groups in total. The van der Waals surface area contributed by atoms with Crippen LogP contribution in [0.4, 0.5) is 0 Å². The highest BCUT2D eigenvalue weighted by molar-refractivity contribution is 5.36. The van der Waals surface area contributed by atoms with E-state index in [1.807, 2.05) is 13.8 Å². The van der Waals surface area contributed by atoms with Crippen molar-refractivity contribution in [1.29, 1.82) is 0 Å². The van der Waals surface area contributed by atoms with E-state index in [2.05, 4.69) is 4.74 Å². The third-order valence-corrected chi connectivity index (χ3v) is 0.498. The molecule has 0 aromatic rings. The van der Waals surface area contributed by atoms with Gasteiger partial charge >= 0.3 is 0 Å². The molecule has 3 heteroatoms. The Morgan fingerprint density at radius 2 is 2.12 bits per heavy atom. The van der Waals surface area contributed by atoms with Crippen LogP contribution in [-0.2, 0) is 9.53 Å². The molecule has 0 atom stereocenters. The highest BCUT2D eigenvalue weighted by Gasteiger charge is 1.88. The predicted octanol–water partition coefficient (Wildman–Crippen LogP) is 0.977. The van der Waals surface area contributed by atoms with Crippen molar-refractivity contribution in [3.8, 4) is 0 Å². The fraction of sp³-hybridized carbons (Fsp3) is 0.800. The summed E-state index contributed by atoms with van der Waals surface area (Å²) in [6.07, 6.45) is 0. The van der Waals surface area contributed by atoms with Gasteiger partial charge in [-0.25, -0.2) is 0 Å². The summed E-state index contributed by atoms with van der Waals surface area (Å²) in [4.78, 5) is 9.49. The Balaban J connectivity index is 0. The van der Waals surface area contributed by atoms with Crippen LogP contribution in [0.2, 0.25) is 0 Å². The van der Waals surface area contributed by atoms with Gasteiger partial charge in [-0.15, -0.1) is 0 Å². The molecule has 0 fully saturated rings. The first-order chi connectivity index (χ1) is 3.27. The van der Waals surface area contributed by atoms with E-state index in [1.54, 1.807) is 0 Å². The molecular weight excluding hydrogens is 106 g/mol. The lowest BCUT2D eigenvalue weighted by atomic mass is 10.2. The molecule has 0 bridgehead atoms. The molecule has 0 unspecified atom stereocenters. The van der Waals surface area contributed by atoms with Crippen molar-refractivity contribution >= 4 is 6.47 Å². The smallest absolute Gasteiger partial charge is 0.293 e. The summed E-state index contributed by atoms with van der Waals surface area (Å²) < 4.78 is 4.41. The maximum atomic E-state index is 9.49. The molecule has 0 amide bonds. The van der Waals surface area contributed by atoms with Crippen molar-refractivity contribution in [2.24, 2.45) is 5.92 Å². The summed E-state index contributed by atoms with van der Waals surface area (Å²) in [5.74, 6) is 0.449. The van der Waals surface area contributed by atoms with E-state index >= 15 is 0 Å². The molecule has 0 aromatic carbocycles. The molecule has 0 aliphatic heterocycles. The van der Waals surface area contributed by atoms with Gasteiger partial charge in [-0.3, -0.25) is 4.79 Å². The van der Waals surface area contributed by atoms with Gasteiger partial charge in [-0.2, -0.15) is 0 Å². The summed E-state index contributed by atoms with van der Waals surface area (Å²) in [6, 6.07) is 0. The van der Waals surface area contributed by atoms with Gasteiger partial charge in [0.15, 0.2) is 0 Å². The minimum absolute atomic E-state index is 0. The lowest BCUT2D eigenvalue weighted by Crippen LogP contribution is -1.98. The van der Waals surface area contributed by atoms with Gasteiger partial charge in [0, 0.05) is 0 Å². The molecular formula is C5H13NO2. The number of carbonyl (C=O) groups excluding carboxylic acids is 1. The van der Waals surface area contributed by atoms with Gasteiger partial charge < -0.3 is 10.9 Å². The molecule has 0 saturated heterocycles. The third kappa shape index (κ3) is 9.06. The Morgan fingerprint density at radius 1 is 1.62 bits per heavy atom. The second-order valence-electron chi connectivity index (χ2n) is 1.82. The van der Waals surface area contributed by atoms with Crippen molar-refractivity contribution in [1.82, 2.24) is 6.15 Å². The Bertz CT molecular complexity index is 54.4. The van der Waals surface area contributed by atoms with E-state index in [1.165, 1.54) is 0 Å². The van der Waals surface area contributed by atoms with Crippen molar-refractivity contribution in [3.05, 3.63) is 0 Å². The topological polar surface area (TPSA) is 61.3 Å². The fourth-order valence-electron chi connectivity index (χ4n) is 0.232. The van der Waals surface area contributed by atoms with Gasteiger partial charge in [0.25, 0.3) is 6.47 Å². The van der Waals surface area contributed by atoms with E-state index in [9.17, 15) is 4.79 Å². The van der Waals surface area contributed by atoms with E-state index in [-0.39, 0.29) is 6.15 Å². The second kappa shape index (κ2) is 6.43. The van der Waals surface area contributed by atoms with Crippen LogP contribution < -0.4 is 6.15 Å². The van der Waals surface area contributed by atoms with Crippen molar-refractivity contribution in [3.63, 3.8) is 0 Å². The molecule has 0 aromatic heterocycles. The van der Waals surface area contributed by atoms with Gasteiger partial charge in [0.2, 0.25) is 0 Å². The van der Waals surface area contributed by atoms with Crippen LogP contribution >= 0.6 is 0 Å². The maximum absolute atomic E-state index is 9.49. The zero-order chi connectivity index (χ0) is 5.70. The minimum Gasteiger partial charge on any atom is -0.468 e. The summed E-state index contributed by atoms with van der Waals surface area (Å²) >= 11 is 0. The standard InChI is InChI=1S/C5H10O2.H3N/c1-5(2)3-7-4-6;/h4-5H,3H2,1-2H3;1H3. The SMILES string of the molecule is CC(C)COC=O.N. The van der Waals surface area contributed by atoms with E-state index in [0.29, 0.717) is 19.0 Å². The molecule has 0 saturated carbocycles. The highest BCUT2D eigenvalue weighted by Crippen LogP contribution is 1.88. The van der Waals surface area contributed by atoms with Crippen LogP contribution in [0.3, 0.4) is 0 Å². The van der Waals surface area contributed by atoms with Crippen molar-refractivity contribution < 1.29 is 9.53 Å². The maximum Gasteiger partial charge on any atom is 0.293 e. The first kappa shape index (κ1) is 10.4. The molecule has 8 heavy (non-hydrogen) atoms. The van der Waals surface area contributed by atoms with Crippen LogP contribution in [0.25, 0.3) is 0 Å². The zero-order valence-electron chi connectivity index (χ0n) is 5.39. The van der Waals surface area contributed by atoms with Gasteiger partial charge in [-0.1, -0.05) is 13.8 Å². The number of rotatable bonds is 3. The average molecular weight is 119 g/mol. The van der Waals surface area contributed by atoms with Crippen molar-refractivity contribution in [2.45, 2.75) is 13.8 Å². The number of hydrogen-bond acceptors (Lipinski definition) is 3. The molecule has 0 heterocycles. The van der Waals surface area contributed by atoms with Crippen LogP contribution in [0.15, 0.2) is 0 Å². The van der Waals surface area contributed by atoms with Gasteiger partial charge in [-0.05, 0) is 5.92 Å². The molecule has 0 aliphatic carbocycles. The Labute approximate surface area is 49.6 Å². The summed E-state index contributed by atoms with van der Waals surface area (Å²) in [5.41, 5.74) is 0. The molecule has 50 valence electrons. The average Bonchev–Trinajstić information content (AvgIpc) is 1.61. The zero-order valence-corrected chi connectivity index (χ0v) is 5.39. The quantitative estimate of drug-likeness (QED) is 0.563. The summed E-state index contributed by atoms with van der Waals surface area (Å²) in [5, 5.41) is 0. The van der Waals surface area contributed by atoms with E-state index in [4.69, 9.17) is 0 Å². The summed E-state index contributed by atoms with van der Waals surface area (Å²) in [7, 11) is 0. The first-order valence-corrected chi connectivity index (χ1v) is 2.32. The third-order valence-electron chi connectivity index (χ3n) is 0.498. The number of carbonyl (C=O) groups is 1. The highest BCUT2D eigenvalue weighted by atomic mass is 16.5. The molecule has 3 nitrogen and oxygen atoms in total. The Kier molecular flexibility index (Phi) is 8.37. The van der Waals surface area contributed by atoms with E-state index in [0.717, 1.165) is 0 Å². The van der Waals surface area contributed by atoms with E-state index < -0.39 is 0 Å². The molecule has 0 aliphatic rings. The number of ether oxygens (including phenoxy) is 1. The fourth-order valence-corrected chi connectivity index (χ4v) is 0.232. The normalized spacial score (nSPS) is 7.88. The predicted molar refractivity (Wildman–Crippen MR) is 31.9 cm³/mol. The lowest BCUT2D eigenvalue weighted by molar-refractivity contribution is -0.129. The van der Waals surface area contributed by atoms with Crippen LogP contribution in [0.5, 0.6) is 0 Å². The number of hydrogen-bond donors (Lipinski definition) is 1.